The Morgan fingerprint density at radius 1 is 1.47 bits per heavy atom. The maximum absolute atomic E-state index is 5.91. The van der Waals surface area contributed by atoms with Gasteiger partial charge in [-0.15, -0.1) is 10.2 Å². The molecule has 1 fully saturated rings. The monoisotopic (exact) mass is 229 g/mol. The molecule has 15 heavy (non-hydrogen) atoms. The van der Waals surface area contributed by atoms with Crippen LogP contribution >= 0.6 is 11.6 Å². The number of rotatable bonds is 6. The molecule has 84 valence electrons. The second-order valence-electron chi connectivity index (χ2n) is 3.91. The third-order valence-electron chi connectivity index (χ3n) is 2.61. The van der Waals surface area contributed by atoms with Gasteiger partial charge in [-0.1, -0.05) is 6.92 Å². The maximum Gasteiger partial charge on any atom is 0.225 e. The van der Waals surface area contributed by atoms with Gasteiger partial charge < -0.3 is 4.74 Å². The summed E-state index contributed by atoms with van der Waals surface area (Å²) in [6.45, 7) is 4.38. The molecule has 1 aromatic heterocycles. The van der Waals surface area contributed by atoms with E-state index in [9.17, 15) is 0 Å². The molecule has 1 saturated carbocycles. The molecule has 0 radical (unpaired) electrons. The Morgan fingerprint density at radius 2 is 2.27 bits per heavy atom. The van der Waals surface area contributed by atoms with E-state index in [0.29, 0.717) is 11.9 Å². The minimum absolute atomic E-state index is 0.460. The summed E-state index contributed by atoms with van der Waals surface area (Å²) in [4.78, 5) is 0. The number of aromatic nitrogens is 3. The molecule has 0 aromatic carbocycles. The number of hydrogen-bond acceptors (Lipinski definition) is 3. The van der Waals surface area contributed by atoms with Crippen LogP contribution in [-0.2, 0) is 17.7 Å². The zero-order valence-corrected chi connectivity index (χ0v) is 9.70. The van der Waals surface area contributed by atoms with Crippen LogP contribution in [0.1, 0.15) is 25.6 Å². The molecule has 0 spiro atoms. The van der Waals surface area contributed by atoms with Crippen LogP contribution in [0.4, 0.5) is 0 Å². The van der Waals surface area contributed by atoms with Crippen molar-refractivity contribution in [2.45, 2.75) is 32.7 Å². The van der Waals surface area contributed by atoms with Crippen molar-refractivity contribution in [1.82, 2.24) is 14.8 Å². The topological polar surface area (TPSA) is 39.9 Å². The Morgan fingerprint density at radius 3 is 2.93 bits per heavy atom. The molecular weight excluding hydrogens is 214 g/mol. The summed E-state index contributed by atoms with van der Waals surface area (Å²) in [5.41, 5.74) is 0. The second kappa shape index (κ2) is 4.94. The highest BCUT2D eigenvalue weighted by molar-refractivity contribution is 6.28. The lowest BCUT2D eigenvalue weighted by molar-refractivity contribution is 0.116. The molecule has 1 aliphatic carbocycles. The van der Waals surface area contributed by atoms with E-state index < -0.39 is 0 Å². The van der Waals surface area contributed by atoms with Gasteiger partial charge in [0.1, 0.15) is 5.82 Å². The molecule has 0 unspecified atom stereocenters. The highest BCUT2D eigenvalue weighted by Crippen LogP contribution is 2.28. The van der Waals surface area contributed by atoms with E-state index in [1.807, 2.05) is 11.5 Å². The zero-order chi connectivity index (χ0) is 10.7. The summed E-state index contributed by atoms with van der Waals surface area (Å²) < 4.78 is 7.46. The molecule has 1 aromatic rings. The van der Waals surface area contributed by atoms with E-state index in [-0.39, 0.29) is 0 Å². The second-order valence-corrected chi connectivity index (χ2v) is 4.25. The van der Waals surface area contributed by atoms with Crippen molar-refractivity contribution in [3.8, 4) is 0 Å². The minimum Gasteiger partial charge on any atom is -0.379 e. The average Bonchev–Trinajstić information content (AvgIpc) is 2.99. The summed E-state index contributed by atoms with van der Waals surface area (Å²) in [7, 11) is 0. The van der Waals surface area contributed by atoms with Crippen molar-refractivity contribution < 1.29 is 4.74 Å². The van der Waals surface area contributed by atoms with E-state index in [1.165, 1.54) is 12.8 Å². The molecule has 0 amide bonds. The molecule has 0 saturated heterocycles. The summed E-state index contributed by atoms with van der Waals surface area (Å²) in [6, 6.07) is 0. The lowest BCUT2D eigenvalue weighted by Crippen LogP contribution is -2.10. The Labute approximate surface area is 94.6 Å². The van der Waals surface area contributed by atoms with Gasteiger partial charge in [-0.05, 0) is 30.4 Å². The first-order valence-corrected chi connectivity index (χ1v) is 5.84. The fourth-order valence-corrected chi connectivity index (χ4v) is 1.71. The van der Waals surface area contributed by atoms with Gasteiger partial charge >= 0.3 is 0 Å². The normalized spacial score (nSPS) is 15.9. The predicted molar refractivity (Wildman–Crippen MR) is 58.0 cm³/mol. The first-order chi connectivity index (χ1) is 7.31. The van der Waals surface area contributed by atoms with Crippen LogP contribution in [0, 0.1) is 5.92 Å². The molecule has 2 rings (SSSR count). The highest BCUT2D eigenvalue weighted by atomic mass is 35.5. The summed E-state index contributed by atoms with van der Waals surface area (Å²) in [5, 5.41) is 8.28. The molecule has 4 nitrogen and oxygen atoms in total. The van der Waals surface area contributed by atoms with Crippen LogP contribution in [0.5, 0.6) is 0 Å². The molecule has 0 bridgehead atoms. The van der Waals surface area contributed by atoms with Gasteiger partial charge in [0, 0.05) is 13.0 Å². The lowest BCUT2D eigenvalue weighted by atomic mass is 10.4. The van der Waals surface area contributed by atoms with Gasteiger partial charge in [-0.3, -0.25) is 4.57 Å². The van der Waals surface area contributed by atoms with Crippen LogP contribution in [-0.4, -0.2) is 28.0 Å². The molecule has 0 atom stereocenters. The van der Waals surface area contributed by atoms with Crippen LogP contribution < -0.4 is 0 Å². The Kier molecular flexibility index (Phi) is 3.59. The SMILES string of the molecule is CCc1nnc(Cl)n1CCOCC1CC1. The molecule has 1 heterocycles. The fraction of sp³-hybridized carbons (Fsp3) is 0.800. The number of halogens is 1. The van der Waals surface area contributed by atoms with E-state index in [4.69, 9.17) is 16.3 Å². The average molecular weight is 230 g/mol. The first-order valence-electron chi connectivity index (χ1n) is 5.46. The third kappa shape index (κ3) is 2.92. The van der Waals surface area contributed by atoms with E-state index in [2.05, 4.69) is 10.2 Å². The van der Waals surface area contributed by atoms with Gasteiger partial charge in [-0.2, -0.15) is 0 Å². The van der Waals surface area contributed by atoms with Gasteiger partial charge in [0.2, 0.25) is 5.28 Å². The Bertz CT molecular complexity index is 322. The van der Waals surface area contributed by atoms with Crippen LogP contribution in [0.15, 0.2) is 0 Å². The van der Waals surface area contributed by atoms with Crippen molar-refractivity contribution in [3.63, 3.8) is 0 Å². The minimum atomic E-state index is 0.460. The fourth-order valence-electron chi connectivity index (χ4n) is 1.49. The van der Waals surface area contributed by atoms with Crippen molar-refractivity contribution in [3.05, 3.63) is 11.1 Å². The predicted octanol–water partition coefficient (Wildman–Crippen LogP) is 1.92. The number of ether oxygens (including phenoxy) is 1. The molecule has 0 N–H and O–H groups in total. The Hall–Kier alpha value is -0.610. The number of hydrogen-bond donors (Lipinski definition) is 0. The van der Waals surface area contributed by atoms with Crippen molar-refractivity contribution in [2.75, 3.05) is 13.2 Å². The zero-order valence-electron chi connectivity index (χ0n) is 8.95. The van der Waals surface area contributed by atoms with Crippen molar-refractivity contribution in [1.29, 1.82) is 0 Å². The Balaban J connectivity index is 1.77. The van der Waals surface area contributed by atoms with Crippen LogP contribution in [0.2, 0.25) is 5.28 Å². The van der Waals surface area contributed by atoms with E-state index >= 15 is 0 Å². The van der Waals surface area contributed by atoms with Crippen molar-refractivity contribution in [2.24, 2.45) is 5.92 Å². The molecular formula is C10H16ClN3O. The van der Waals surface area contributed by atoms with Crippen molar-refractivity contribution >= 4 is 11.6 Å². The molecule has 1 aliphatic rings. The third-order valence-corrected chi connectivity index (χ3v) is 2.89. The summed E-state index contributed by atoms with van der Waals surface area (Å²) in [5.74, 6) is 1.74. The van der Waals surface area contributed by atoms with E-state index in [0.717, 1.165) is 31.3 Å². The summed E-state index contributed by atoms with van der Waals surface area (Å²) in [6.07, 6.45) is 3.50. The van der Waals surface area contributed by atoms with Crippen LogP contribution in [0.3, 0.4) is 0 Å². The quantitative estimate of drug-likeness (QED) is 0.700. The molecule has 5 heteroatoms. The van der Waals surface area contributed by atoms with Gasteiger partial charge in [-0.25, -0.2) is 0 Å². The lowest BCUT2D eigenvalue weighted by Gasteiger charge is -2.06. The highest BCUT2D eigenvalue weighted by Gasteiger charge is 2.21. The van der Waals surface area contributed by atoms with Gasteiger partial charge in [0.15, 0.2) is 0 Å². The number of nitrogens with zero attached hydrogens (tertiary/aromatic N) is 3. The number of aryl methyl sites for hydroxylation is 1. The maximum atomic E-state index is 5.91. The van der Waals surface area contributed by atoms with Gasteiger partial charge in [0.05, 0.1) is 13.2 Å². The standard InChI is InChI=1S/C10H16ClN3O/c1-2-9-12-13-10(11)14(9)5-6-15-7-8-3-4-8/h8H,2-7H2,1H3. The summed E-state index contributed by atoms with van der Waals surface area (Å²) >= 11 is 5.91. The van der Waals surface area contributed by atoms with E-state index in [1.54, 1.807) is 0 Å². The van der Waals surface area contributed by atoms with Gasteiger partial charge in [0.25, 0.3) is 0 Å². The smallest absolute Gasteiger partial charge is 0.225 e. The molecule has 0 aliphatic heterocycles. The first kappa shape index (κ1) is 10.9. The largest absolute Gasteiger partial charge is 0.379 e. The van der Waals surface area contributed by atoms with Crippen LogP contribution in [0.25, 0.3) is 0 Å².